The summed E-state index contributed by atoms with van der Waals surface area (Å²) in [5.41, 5.74) is 0. The van der Waals surface area contributed by atoms with Crippen molar-refractivity contribution in [2.75, 3.05) is 19.8 Å². The number of hydrogen-bond donors (Lipinski definition) is 1. The molecule has 1 rings (SSSR count). The van der Waals surface area contributed by atoms with E-state index in [0.29, 0.717) is 0 Å². The van der Waals surface area contributed by atoms with E-state index in [2.05, 4.69) is 26.1 Å². The van der Waals surface area contributed by atoms with Crippen molar-refractivity contribution in [3.05, 3.63) is 0 Å². The second-order valence-corrected chi connectivity index (χ2v) is 5.79. The predicted molar refractivity (Wildman–Crippen MR) is 74.3 cm³/mol. The molecule has 2 nitrogen and oxygen atoms in total. The maximum atomic E-state index is 5.49. The van der Waals surface area contributed by atoms with Crippen LogP contribution in [0.25, 0.3) is 0 Å². The summed E-state index contributed by atoms with van der Waals surface area (Å²) in [6.45, 7) is 9.85. The van der Waals surface area contributed by atoms with Crippen molar-refractivity contribution in [3.63, 3.8) is 0 Å². The lowest BCUT2D eigenvalue weighted by Crippen LogP contribution is -2.36. The molecule has 0 amide bonds. The SMILES string of the molecule is CCCOCCCNC1CCCC(C(C)C)C1. The summed E-state index contributed by atoms with van der Waals surface area (Å²) < 4.78 is 5.49. The van der Waals surface area contributed by atoms with Gasteiger partial charge in [-0.15, -0.1) is 0 Å². The molecule has 102 valence electrons. The summed E-state index contributed by atoms with van der Waals surface area (Å²) in [4.78, 5) is 0. The standard InChI is InChI=1S/C15H31NO/c1-4-10-17-11-6-9-16-15-8-5-7-14(12-15)13(2)3/h13-16H,4-12H2,1-3H3. The van der Waals surface area contributed by atoms with Crippen LogP contribution in [0.1, 0.15) is 59.3 Å². The van der Waals surface area contributed by atoms with Gasteiger partial charge in [0.05, 0.1) is 0 Å². The molecular formula is C15H31NO. The highest BCUT2D eigenvalue weighted by molar-refractivity contribution is 4.79. The van der Waals surface area contributed by atoms with Crippen LogP contribution in [-0.2, 0) is 4.74 Å². The van der Waals surface area contributed by atoms with Crippen molar-refractivity contribution in [3.8, 4) is 0 Å². The van der Waals surface area contributed by atoms with E-state index in [1.54, 1.807) is 0 Å². The minimum atomic E-state index is 0.766. The van der Waals surface area contributed by atoms with Crippen LogP contribution in [0.3, 0.4) is 0 Å². The Hall–Kier alpha value is -0.0800. The van der Waals surface area contributed by atoms with Gasteiger partial charge in [-0.05, 0) is 44.1 Å². The monoisotopic (exact) mass is 241 g/mol. The summed E-state index contributed by atoms with van der Waals surface area (Å²) in [5, 5.41) is 3.70. The third-order valence-corrected chi connectivity index (χ3v) is 3.90. The van der Waals surface area contributed by atoms with Crippen LogP contribution in [0.4, 0.5) is 0 Å². The third-order valence-electron chi connectivity index (χ3n) is 3.90. The zero-order valence-corrected chi connectivity index (χ0v) is 12.0. The summed E-state index contributed by atoms with van der Waals surface area (Å²) in [5.74, 6) is 1.80. The van der Waals surface area contributed by atoms with E-state index in [0.717, 1.165) is 50.5 Å². The van der Waals surface area contributed by atoms with Crippen LogP contribution in [-0.4, -0.2) is 25.8 Å². The van der Waals surface area contributed by atoms with Crippen LogP contribution in [0.5, 0.6) is 0 Å². The first kappa shape index (κ1) is 15.0. The molecule has 0 bridgehead atoms. The first-order valence-corrected chi connectivity index (χ1v) is 7.55. The van der Waals surface area contributed by atoms with Gasteiger partial charge in [0, 0.05) is 19.3 Å². The average molecular weight is 241 g/mol. The Balaban J connectivity index is 2.02. The number of hydrogen-bond acceptors (Lipinski definition) is 2. The molecule has 0 spiro atoms. The van der Waals surface area contributed by atoms with E-state index in [1.807, 2.05) is 0 Å². The molecule has 1 aliphatic rings. The van der Waals surface area contributed by atoms with Crippen LogP contribution < -0.4 is 5.32 Å². The smallest absolute Gasteiger partial charge is 0.0478 e. The van der Waals surface area contributed by atoms with E-state index in [1.165, 1.54) is 25.7 Å². The second-order valence-electron chi connectivity index (χ2n) is 5.79. The Morgan fingerprint density at radius 2 is 2.06 bits per heavy atom. The van der Waals surface area contributed by atoms with Crippen molar-refractivity contribution < 1.29 is 4.74 Å². The minimum absolute atomic E-state index is 0.766. The van der Waals surface area contributed by atoms with Gasteiger partial charge >= 0.3 is 0 Å². The van der Waals surface area contributed by atoms with Crippen LogP contribution >= 0.6 is 0 Å². The van der Waals surface area contributed by atoms with Crippen LogP contribution in [0.2, 0.25) is 0 Å². The van der Waals surface area contributed by atoms with Gasteiger partial charge in [-0.3, -0.25) is 0 Å². The molecule has 0 saturated heterocycles. The lowest BCUT2D eigenvalue weighted by Gasteiger charge is -2.32. The first-order valence-electron chi connectivity index (χ1n) is 7.55. The van der Waals surface area contributed by atoms with Gasteiger partial charge < -0.3 is 10.1 Å². The maximum absolute atomic E-state index is 5.49. The molecular weight excluding hydrogens is 210 g/mol. The fourth-order valence-electron chi connectivity index (χ4n) is 2.75. The molecule has 1 saturated carbocycles. The molecule has 0 aromatic carbocycles. The molecule has 1 fully saturated rings. The normalized spacial score (nSPS) is 25.4. The van der Waals surface area contributed by atoms with Crippen molar-refractivity contribution in [1.29, 1.82) is 0 Å². The molecule has 0 radical (unpaired) electrons. The fourth-order valence-corrected chi connectivity index (χ4v) is 2.75. The summed E-state index contributed by atoms with van der Waals surface area (Å²) in [6, 6.07) is 0.766. The maximum Gasteiger partial charge on any atom is 0.0478 e. The van der Waals surface area contributed by atoms with Crippen LogP contribution in [0.15, 0.2) is 0 Å². The van der Waals surface area contributed by atoms with E-state index in [-0.39, 0.29) is 0 Å². The molecule has 0 heterocycles. The fraction of sp³-hybridized carbons (Fsp3) is 1.00. The Kier molecular flexibility index (Phi) is 7.87. The molecule has 0 aromatic rings. The zero-order valence-electron chi connectivity index (χ0n) is 12.0. The van der Waals surface area contributed by atoms with Crippen molar-refractivity contribution in [2.45, 2.75) is 65.3 Å². The lowest BCUT2D eigenvalue weighted by atomic mass is 9.79. The van der Waals surface area contributed by atoms with Gasteiger partial charge in [0.1, 0.15) is 0 Å². The van der Waals surface area contributed by atoms with Gasteiger partial charge in [-0.2, -0.15) is 0 Å². The van der Waals surface area contributed by atoms with Crippen molar-refractivity contribution in [1.82, 2.24) is 5.32 Å². The first-order chi connectivity index (χ1) is 8.24. The molecule has 1 aliphatic carbocycles. The molecule has 2 unspecified atom stereocenters. The van der Waals surface area contributed by atoms with Gasteiger partial charge in [-0.25, -0.2) is 0 Å². The highest BCUT2D eigenvalue weighted by atomic mass is 16.5. The quantitative estimate of drug-likeness (QED) is 0.656. The number of rotatable bonds is 8. The van der Waals surface area contributed by atoms with E-state index < -0.39 is 0 Å². The highest BCUT2D eigenvalue weighted by Crippen LogP contribution is 2.29. The third kappa shape index (κ3) is 6.42. The minimum Gasteiger partial charge on any atom is -0.381 e. The topological polar surface area (TPSA) is 21.3 Å². The summed E-state index contributed by atoms with van der Waals surface area (Å²) in [7, 11) is 0. The number of ether oxygens (including phenoxy) is 1. The molecule has 17 heavy (non-hydrogen) atoms. The Labute approximate surface area is 108 Å². The number of nitrogens with one attached hydrogen (secondary N) is 1. The largest absolute Gasteiger partial charge is 0.381 e. The van der Waals surface area contributed by atoms with Crippen molar-refractivity contribution >= 4 is 0 Å². The Morgan fingerprint density at radius 1 is 1.24 bits per heavy atom. The molecule has 0 aromatic heterocycles. The van der Waals surface area contributed by atoms with Gasteiger partial charge in [0.25, 0.3) is 0 Å². The molecule has 2 atom stereocenters. The average Bonchev–Trinajstić information content (AvgIpc) is 2.34. The highest BCUT2D eigenvalue weighted by Gasteiger charge is 2.23. The Morgan fingerprint density at radius 3 is 2.76 bits per heavy atom. The van der Waals surface area contributed by atoms with Crippen molar-refractivity contribution in [2.24, 2.45) is 11.8 Å². The molecule has 2 heteroatoms. The zero-order chi connectivity index (χ0) is 12.5. The lowest BCUT2D eigenvalue weighted by molar-refractivity contribution is 0.130. The summed E-state index contributed by atoms with van der Waals surface area (Å²) in [6.07, 6.45) is 7.89. The Bertz CT molecular complexity index is 182. The van der Waals surface area contributed by atoms with Gasteiger partial charge in [0.2, 0.25) is 0 Å². The second kappa shape index (κ2) is 8.93. The molecule has 0 aliphatic heterocycles. The predicted octanol–water partition coefficient (Wildman–Crippen LogP) is 3.61. The molecule has 1 N–H and O–H groups in total. The van der Waals surface area contributed by atoms with Crippen LogP contribution in [0, 0.1) is 11.8 Å². The summed E-state index contributed by atoms with van der Waals surface area (Å²) >= 11 is 0. The van der Waals surface area contributed by atoms with Gasteiger partial charge in [0.15, 0.2) is 0 Å². The van der Waals surface area contributed by atoms with E-state index in [4.69, 9.17) is 4.74 Å². The van der Waals surface area contributed by atoms with E-state index >= 15 is 0 Å². The van der Waals surface area contributed by atoms with Gasteiger partial charge in [-0.1, -0.05) is 33.6 Å². The van der Waals surface area contributed by atoms with E-state index in [9.17, 15) is 0 Å².